The molecule has 0 atom stereocenters. The lowest BCUT2D eigenvalue weighted by Crippen LogP contribution is -3.14. The molecule has 0 aromatic heterocycles. The summed E-state index contributed by atoms with van der Waals surface area (Å²) in [5.41, 5.74) is 0. The summed E-state index contributed by atoms with van der Waals surface area (Å²) in [5.74, 6) is 1.27. The highest BCUT2D eigenvalue weighted by atomic mass is 16.5. The van der Waals surface area contributed by atoms with E-state index in [0.717, 1.165) is 32.7 Å². The fourth-order valence-corrected chi connectivity index (χ4v) is 2.45. The summed E-state index contributed by atoms with van der Waals surface area (Å²) in [7, 11) is 1.59. The van der Waals surface area contributed by atoms with Crippen LogP contribution in [0.3, 0.4) is 0 Å². The molecular formula is C16H23N2O3+. The lowest BCUT2D eigenvalue weighted by molar-refractivity contribution is -0.898. The Hall–Kier alpha value is -2.01. The smallest absolute Gasteiger partial charge is 0.260 e. The van der Waals surface area contributed by atoms with Crippen molar-refractivity contribution in [3.63, 3.8) is 0 Å². The number of nitrogens with zero attached hydrogens (tertiary/aromatic N) is 1. The summed E-state index contributed by atoms with van der Waals surface area (Å²) in [4.78, 5) is 15.5. The van der Waals surface area contributed by atoms with Crippen molar-refractivity contribution in [3.05, 3.63) is 36.9 Å². The summed E-state index contributed by atoms with van der Waals surface area (Å²) < 4.78 is 10.8. The SMILES string of the molecule is C=CC[NH+]1CCN(C(=O)COc2ccccc2OC)CC1. The molecule has 1 aliphatic heterocycles. The topological polar surface area (TPSA) is 43.2 Å². The number of carbonyl (C=O) groups is 1. The Morgan fingerprint density at radius 3 is 2.62 bits per heavy atom. The fraction of sp³-hybridized carbons (Fsp3) is 0.438. The molecule has 2 rings (SSSR count). The van der Waals surface area contributed by atoms with Gasteiger partial charge in [0.05, 0.1) is 39.8 Å². The summed E-state index contributed by atoms with van der Waals surface area (Å²) in [6, 6.07) is 7.35. The summed E-state index contributed by atoms with van der Waals surface area (Å²) >= 11 is 0. The lowest BCUT2D eigenvalue weighted by Gasteiger charge is -2.31. The van der Waals surface area contributed by atoms with Crippen LogP contribution in [0.25, 0.3) is 0 Å². The zero-order valence-electron chi connectivity index (χ0n) is 12.5. The molecule has 1 aliphatic rings. The largest absolute Gasteiger partial charge is 0.493 e. The molecule has 0 radical (unpaired) electrons. The van der Waals surface area contributed by atoms with Gasteiger partial charge in [0.1, 0.15) is 0 Å². The van der Waals surface area contributed by atoms with Crippen molar-refractivity contribution >= 4 is 5.91 Å². The van der Waals surface area contributed by atoms with Crippen LogP contribution in [0.5, 0.6) is 11.5 Å². The van der Waals surface area contributed by atoms with Crippen molar-refractivity contribution in [1.29, 1.82) is 0 Å². The van der Waals surface area contributed by atoms with Gasteiger partial charge in [-0.05, 0) is 18.2 Å². The molecule has 1 aromatic rings. The standard InChI is InChI=1S/C16H22N2O3/c1-3-8-17-9-11-18(12-10-17)16(19)13-21-15-7-5-4-6-14(15)20-2/h3-7H,1,8-13H2,2H3/p+1. The molecule has 0 bridgehead atoms. The van der Waals surface area contributed by atoms with Gasteiger partial charge in [-0.1, -0.05) is 18.7 Å². The Bertz CT molecular complexity index is 482. The number of piperazine rings is 1. The van der Waals surface area contributed by atoms with Gasteiger partial charge in [-0.2, -0.15) is 0 Å². The van der Waals surface area contributed by atoms with Gasteiger partial charge >= 0.3 is 0 Å². The number of nitrogens with one attached hydrogen (secondary N) is 1. The maximum atomic E-state index is 12.2. The van der Waals surface area contributed by atoms with Crippen LogP contribution in [-0.2, 0) is 4.79 Å². The molecule has 1 heterocycles. The number of ether oxygens (including phenoxy) is 2. The Balaban J connectivity index is 1.81. The summed E-state index contributed by atoms with van der Waals surface area (Å²) in [6.45, 7) is 8.25. The number of amides is 1. The highest BCUT2D eigenvalue weighted by molar-refractivity contribution is 5.77. The zero-order chi connectivity index (χ0) is 15.1. The van der Waals surface area contributed by atoms with Crippen LogP contribution in [0, 0.1) is 0 Å². The third-order valence-corrected chi connectivity index (χ3v) is 3.68. The predicted octanol–water partition coefficient (Wildman–Crippen LogP) is -0.0129. The number of methoxy groups -OCH3 is 1. The van der Waals surface area contributed by atoms with Gasteiger partial charge in [0.15, 0.2) is 18.1 Å². The number of hydrogen-bond donors (Lipinski definition) is 1. The highest BCUT2D eigenvalue weighted by Crippen LogP contribution is 2.25. The van der Waals surface area contributed by atoms with Gasteiger partial charge < -0.3 is 19.3 Å². The molecule has 1 fully saturated rings. The number of carbonyl (C=O) groups excluding carboxylic acids is 1. The van der Waals surface area contributed by atoms with Gasteiger partial charge in [0.2, 0.25) is 0 Å². The van der Waals surface area contributed by atoms with Crippen molar-refractivity contribution in [2.75, 3.05) is 46.4 Å². The van der Waals surface area contributed by atoms with E-state index in [0.29, 0.717) is 11.5 Å². The first-order valence-corrected chi connectivity index (χ1v) is 7.22. The molecule has 1 saturated heterocycles. The number of benzene rings is 1. The first kappa shape index (κ1) is 15.4. The van der Waals surface area contributed by atoms with E-state index in [2.05, 4.69) is 6.58 Å². The molecular weight excluding hydrogens is 268 g/mol. The first-order valence-electron chi connectivity index (χ1n) is 7.22. The summed E-state index contributed by atoms with van der Waals surface area (Å²) in [6.07, 6.45) is 1.93. The van der Waals surface area contributed by atoms with Crippen molar-refractivity contribution in [2.45, 2.75) is 0 Å². The second-order valence-corrected chi connectivity index (χ2v) is 5.06. The van der Waals surface area contributed by atoms with Crippen LogP contribution in [0.4, 0.5) is 0 Å². The first-order chi connectivity index (χ1) is 10.2. The third kappa shape index (κ3) is 4.23. The maximum absolute atomic E-state index is 12.2. The zero-order valence-corrected chi connectivity index (χ0v) is 12.5. The Morgan fingerprint density at radius 1 is 1.33 bits per heavy atom. The van der Waals surface area contributed by atoms with E-state index in [-0.39, 0.29) is 12.5 Å². The molecule has 21 heavy (non-hydrogen) atoms. The minimum atomic E-state index is 0.0264. The van der Waals surface area contributed by atoms with Gasteiger partial charge in [-0.3, -0.25) is 4.79 Å². The van der Waals surface area contributed by atoms with Gasteiger partial charge in [0, 0.05) is 0 Å². The predicted molar refractivity (Wildman–Crippen MR) is 80.8 cm³/mol. The number of quaternary nitrogens is 1. The van der Waals surface area contributed by atoms with Crippen LogP contribution in [-0.4, -0.2) is 57.2 Å². The molecule has 1 aromatic carbocycles. The highest BCUT2D eigenvalue weighted by Gasteiger charge is 2.23. The van der Waals surface area contributed by atoms with Crippen LogP contribution in [0.2, 0.25) is 0 Å². The molecule has 1 N–H and O–H groups in total. The molecule has 0 unspecified atom stereocenters. The van der Waals surface area contributed by atoms with Crippen molar-refractivity contribution in [2.24, 2.45) is 0 Å². The minimum absolute atomic E-state index is 0.0264. The molecule has 5 heteroatoms. The molecule has 0 spiro atoms. The van der Waals surface area contributed by atoms with E-state index < -0.39 is 0 Å². The number of rotatable bonds is 6. The molecule has 0 aliphatic carbocycles. The van der Waals surface area contributed by atoms with Crippen molar-refractivity contribution in [3.8, 4) is 11.5 Å². The van der Waals surface area contributed by atoms with Gasteiger partial charge in [0.25, 0.3) is 5.91 Å². The van der Waals surface area contributed by atoms with Crippen LogP contribution >= 0.6 is 0 Å². The maximum Gasteiger partial charge on any atom is 0.260 e. The Morgan fingerprint density at radius 2 is 2.00 bits per heavy atom. The Kier molecular flexibility index (Phi) is 5.63. The monoisotopic (exact) mass is 291 g/mol. The number of para-hydroxylation sites is 2. The van der Waals surface area contributed by atoms with E-state index >= 15 is 0 Å². The van der Waals surface area contributed by atoms with Gasteiger partial charge in [-0.25, -0.2) is 0 Å². The van der Waals surface area contributed by atoms with E-state index in [4.69, 9.17) is 9.47 Å². The molecule has 0 saturated carbocycles. The molecule has 1 amide bonds. The Labute approximate surface area is 125 Å². The average molecular weight is 291 g/mol. The average Bonchev–Trinajstić information content (AvgIpc) is 2.54. The molecule has 114 valence electrons. The quantitative estimate of drug-likeness (QED) is 0.750. The minimum Gasteiger partial charge on any atom is -0.493 e. The van der Waals surface area contributed by atoms with Crippen LogP contribution in [0.1, 0.15) is 0 Å². The second kappa shape index (κ2) is 7.69. The van der Waals surface area contributed by atoms with Crippen molar-refractivity contribution in [1.82, 2.24) is 4.90 Å². The fourth-order valence-electron chi connectivity index (χ4n) is 2.45. The summed E-state index contributed by atoms with van der Waals surface area (Å²) in [5, 5.41) is 0. The van der Waals surface area contributed by atoms with Gasteiger partial charge in [-0.15, -0.1) is 0 Å². The number of hydrogen-bond acceptors (Lipinski definition) is 3. The van der Waals surface area contributed by atoms with E-state index in [1.54, 1.807) is 13.2 Å². The van der Waals surface area contributed by atoms with E-state index in [1.165, 1.54) is 4.90 Å². The van der Waals surface area contributed by atoms with E-state index in [9.17, 15) is 4.79 Å². The van der Waals surface area contributed by atoms with Crippen LogP contribution in [0.15, 0.2) is 36.9 Å². The lowest BCUT2D eigenvalue weighted by atomic mass is 10.3. The van der Waals surface area contributed by atoms with Crippen molar-refractivity contribution < 1.29 is 19.2 Å². The second-order valence-electron chi connectivity index (χ2n) is 5.06. The van der Waals surface area contributed by atoms with Crippen LogP contribution < -0.4 is 14.4 Å². The third-order valence-electron chi connectivity index (χ3n) is 3.68. The van der Waals surface area contributed by atoms with E-state index in [1.807, 2.05) is 29.2 Å². The normalized spacial score (nSPS) is 15.6. The molecule has 5 nitrogen and oxygen atoms in total.